The number of aliphatic hydroxyl groups is 6. The van der Waals surface area contributed by atoms with Gasteiger partial charge in [0.25, 0.3) is 11.7 Å². The number of aliphatic hydroxyl groups excluding tert-OH is 6. The van der Waals surface area contributed by atoms with Crippen molar-refractivity contribution in [2.75, 3.05) is 72.6 Å². The standard InChI is InChI=1S/C51H64F4N4O20/c1-28-34(60)24-51(50(68)69,79-46(28)42(63)35(61)25-56-48(67)30-7-6-10-33(23-30)76-32-8-4-3-5-9-32)75-27-36-43(64)44(65)45(66)49(77-36)74-15-11-31-26-59(58-57-31)13-16-71-18-20-73-22-21-72-19-17-70-14-12-37(62)78-47-40(54)38(52)29(2)39(53)41(47)55/h3-10,23,26,28,34-36,42-46,49,60-61,63-66H,11-22,24-25,27H2,1-2H3,(H,56,67)(H,68,69)/t28-,34+,35-,36-,42-,43+,44+,45-,46-,49-,51-/m1/s1. The van der Waals surface area contributed by atoms with Crippen LogP contribution in [0.3, 0.4) is 0 Å². The van der Waals surface area contributed by atoms with Gasteiger partial charge in [-0.25, -0.2) is 18.3 Å². The number of hydrogen-bond donors (Lipinski definition) is 8. The second-order valence-electron chi connectivity index (χ2n) is 18.3. The van der Waals surface area contributed by atoms with E-state index in [9.17, 15) is 67.7 Å². The van der Waals surface area contributed by atoms with E-state index >= 15 is 0 Å². The Balaban J connectivity index is 0.845. The molecular formula is C51H64F4N4O20. The lowest BCUT2D eigenvalue weighted by atomic mass is 9.84. The molecule has 2 aliphatic heterocycles. The first kappa shape index (κ1) is 62.4. The average molecular weight is 1130 g/mol. The summed E-state index contributed by atoms with van der Waals surface area (Å²) in [4.78, 5) is 37.7. The molecule has 1 aromatic heterocycles. The highest BCUT2D eigenvalue weighted by Gasteiger charge is 2.55. The molecule has 3 heterocycles. The minimum Gasteiger partial charge on any atom is -0.477 e. The van der Waals surface area contributed by atoms with Crippen LogP contribution in [0.5, 0.6) is 17.2 Å². The van der Waals surface area contributed by atoms with Crippen molar-refractivity contribution < 1.29 is 115 Å². The third kappa shape index (κ3) is 17.3. The molecule has 8 N–H and O–H groups in total. The van der Waals surface area contributed by atoms with E-state index in [0.717, 1.165) is 6.92 Å². The fourth-order valence-corrected chi connectivity index (χ4v) is 7.99. The third-order valence-electron chi connectivity index (χ3n) is 12.6. The number of hydrogen-bond acceptors (Lipinski definition) is 21. The molecule has 0 aliphatic carbocycles. The zero-order chi connectivity index (χ0) is 57.2. The van der Waals surface area contributed by atoms with Gasteiger partial charge >= 0.3 is 11.9 Å². The summed E-state index contributed by atoms with van der Waals surface area (Å²) in [6, 6.07) is 15.1. The number of ether oxygens (including phenoxy) is 10. The zero-order valence-electron chi connectivity index (χ0n) is 42.9. The molecule has 436 valence electrons. The highest BCUT2D eigenvalue weighted by Crippen LogP contribution is 2.38. The first-order valence-corrected chi connectivity index (χ1v) is 25.0. The van der Waals surface area contributed by atoms with Crippen molar-refractivity contribution in [3.05, 3.63) is 101 Å². The minimum absolute atomic E-state index is 0.0543. The second-order valence-corrected chi connectivity index (χ2v) is 18.3. The van der Waals surface area contributed by atoms with Crippen LogP contribution in [-0.4, -0.2) is 202 Å². The van der Waals surface area contributed by atoms with Crippen molar-refractivity contribution in [1.82, 2.24) is 20.3 Å². The molecule has 0 unspecified atom stereocenters. The molecule has 0 bridgehead atoms. The molecule has 6 rings (SSSR count). The maximum Gasteiger partial charge on any atom is 0.364 e. The molecule has 2 saturated heterocycles. The Morgan fingerprint density at radius 2 is 1.44 bits per heavy atom. The van der Waals surface area contributed by atoms with Gasteiger partial charge in [-0.05, 0) is 37.3 Å². The highest BCUT2D eigenvalue weighted by atomic mass is 19.2. The molecule has 0 spiro atoms. The van der Waals surface area contributed by atoms with Crippen LogP contribution >= 0.6 is 0 Å². The van der Waals surface area contributed by atoms with Gasteiger partial charge in [-0.2, -0.15) is 8.78 Å². The van der Waals surface area contributed by atoms with Crippen molar-refractivity contribution in [2.24, 2.45) is 5.92 Å². The zero-order valence-corrected chi connectivity index (χ0v) is 42.9. The molecule has 2 aliphatic rings. The number of amides is 1. The van der Waals surface area contributed by atoms with Crippen molar-refractivity contribution in [3.63, 3.8) is 0 Å². The monoisotopic (exact) mass is 1130 g/mol. The normalized spacial score (nSPS) is 23.9. The fraction of sp³-hybridized carbons (Fsp3) is 0.549. The summed E-state index contributed by atoms with van der Waals surface area (Å²) < 4.78 is 111. The minimum atomic E-state index is -2.68. The Kier molecular flexibility index (Phi) is 23.8. The van der Waals surface area contributed by atoms with E-state index in [1.807, 2.05) is 6.07 Å². The Morgan fingerprint density at radius 1 is 0.810 bits per heavy atom. The summed E-state index contributed by atoms with van der Waals surface area (Å²) in [6.45, 7) is 2.29. The number of carbonyl (C=O) groups is 3. The molecule has 11 atom stereocenters. The quantitative estimate of drug-likeness (QED) is 0.0115. The van der Waals surface area contributed by atoms with E-state index < -0.39 is 145 Å². The lowest BCUT2D eigenvalue weighted by Gasteiger charge is -2.46. The Morgan fingerprint density at radius 3 is 2.10 bits per heavy atom. The summed E-state index contributed by atoms with van der Waals surface area (Å²) in [5, 5.41) is 86.4. The number of para-hydroxylation sites is 1. The third-order valence-corrected chi connectivity index (χ3v) is 12.6. The van der Waals surface area contributed by atoms with E-state index in [4.69, 9.17) is 42.6 Å². The van der Waals surface area contributed by atoms with Crippen molar-refractivity contribution in [1.29, 1.82) is 0 Å². The van der Waals surface area contributed by atoms with Gasteiger partial charge in [0.1, 0.15) is 42.0 Å². The largest absolute Gasteiger partial charge is 0.477 e. The number of rotatable bonds is 31. The van der Waals surface area contributed by atoms with Gasteiger partial charge in [0.15, 0.2) is 17.9 Å². The van der Waals surface area contributed by atoms with E-state index in [2.05, 4.69) is 20.4 Å². The van der Waals surface area contributed by atoms with Crippen LogP contribution in [0.25, 0.3) is 0 Å². The summed E-state index contributed by atoms with van der Waals surface area (Å²) in [6.07, 6.45) is -14.5. The predicted molar refractivity (Wildman–Crippen MR) is 259 cm³/mol. The first-order chi connectivity index (χ1) is 37.8. The summed E-state index contributed by atoms with van der Waals surface area (Å²) in [5.74, 6) is -14.7. The number of halogens is 4. The molecule has 79 heavy (non-hydrogen) atoms. The fourth-order valence-electron chi connectivity index (χ4n) is 7.99. The van der Waals surface area contributed by atoms with Crippen LogP contribution in [0.15, 0.2) is 60.8 Å². The molecular weight excluding hydrogens is 1060 g/mol. The Labute approximate surface area is 449 Å². The first-order valence-electron chi connectivity index (χ1n) is 25.0. The van der Waals surface area contributed by atoms with Gasteiger partial charge in [0.2, 0.25) is 17.4 Å². The van der Waals surface area contributed by atoms with Gasteiger partial charge in [0.05, 0.1) is 103 Å². The molecule has 1 amide bonds. The number of esters is 1. The molecule has 4 aromatic rings. The summed E-state index contributed by atoms with van der Waals surface area (Å²) >= 11 is 0. The molecule has 0 saturated carbocycles. The number of carbonyl (C=O) groups excluding carboxylic acids is 2. The van der Waals surface area contributed by atoms with Gasteiger partial charge < -0.3 is 88.4 Å². The lowest BCUT2D eigenvalue weighted by Crippen LogP contribution is -2.63. The van der Waals surface area contributed by atoms with E-state index in [1.54, 1.807) is 42.6 Å². The Bertz CT molecular complexity index is 2560. The maximum atomic E-state index is 13.9. The van der Waals surface area contributed by atoms with Crippen LogP contribution in [0, 0.1) is 36.1 Å². The van der Waals surface area contributed by atoms with E-state index in [0.29, 0.717) is 23.7 Å². The maximum absolute atomic E-state index is 13.9. The van der Waals surface area contributed by atoms with E-state index in [1.165, 1.54) is 23.7 Å². The van der Waals surface area contributed by atoms with Crippen LogP contribution in [-0.2, 0) is 60.4 Å². The number of aromatic nitrogens is 3. The number of nitrogens with one attached hydrogen (secondary N) is 1. The lowest BCUT2D eigenvalue weighted by molar-refractivity contribution is -0.341. The number of aliphatic carboxylic acids is 1. The topological polar surface area (TPSA) is 328 Å². The smallest absolute Gasteiger partial charge is 0.364 e. The van der Waals surface area contributed by atoms with Crippen LogP contribution in [0.1, 0.15) is 41.4 Å². The highest BCUT2D eigenvalue weighted by molar-refractivity contribution is 5.94. The summed E-state index contributed by atoms with van der Waals surface area (Å²) in [5.41, 5.74) is -0.240. The number of benzene rings is 3. The van der Waals surface area contributed by atoms with Gasteiger partial charge in [-0.1, -0.05) is 36.4 Å². The van der Waals surface area contributed by atoms with Crippen LogP contribution in [0.4, 0.5) is 17.6 Å². The molecule has 24 nitrogen and oxygen atoms in total. The van der Waals surface area contributed by atoms with Crippen LogP contribution in [0.2, 0.25) is 0 Å². The number of carboxylic acid groups (broad SMARTS) is 1. The van der Waals surface area contributed by atoms with Crippen molar-refractivity contribution >= 4 is 17.8 Å². The average Bonchev–Trinajstić information content (AvgIpc) is 3.95. The molecule has 28 heteroatoms. The SMILES string of the molecule is Cc1c(F)c(F)c(OC(=O)CCOCCOCCOCCOCCn2cc(CCO[C@@H]3O[C@H](CO[C@]4(C(=O)O)C[C@H](O)[C@@H](C)[C@H]([C@H](O)[C@H](O)CNC(=O)c5cccc(Oc6ccccc6)c5)O4)[C@H](O)[C@H](O)[C@H]3O)nn2)c(F)c1F. The van der Waals surface area contributed by atoms with Gasteiger partial charge in [-0.15, -0.1) is 5.10 Å². The van der Waals surface area contributed by atoms with Gasteiger partial charge in [-0.3, -0.25) is 9.59 Å². The Hall–Kier alpha value is -5.83. The predicted octanol–water partition coefficient (Wildman–Crippen LogP) is 1.10. The van der Waals surface area contributed by atoms with Crippen LogP contribution < -0.4 is 14.8 Å². The second kappa shape index (κ2) is 30.1. The van der Waals surface area contributed by atoms with Crippen molar-refractivity contribution in [3.8, 4) is 17.2 Å². The number of carboxylic acids is 1. The number of nitrogens with zero attached hydrogens (tertiary/aromatic N) is 3. The molecule has 2 fully saturated rings. The summed E-state index contributed by atoms with van der Waals surface area (Å²) in [7, 11) is 0. The molecule has 3 aromatic carbocycles. The van der Waals surface area contributed by atoms with Crippen molar-refractivity contribution in [2.45, 2.75) is 101 Å². The van der Waals surface area contributed by atoms with Gasteiger partial charge in [0, 0.05) is 42.6 Å². The molecule has 0 radical (unpaired) electrons. The van der Waals surface area contributed by atoms with E-state index in [-0.39, 0.29) is 71.4 Å².